The van der Waals surface area contributed by atoms with Gasteiger partial charge in [-0.3, -0.25) is 0 Å². The Morgan fingerprint density at radius 2 is 2.11 bits per heavy atom. The lowest BCUT2D eigenvalue weighted by molar-refractivity contribution is -0.00282. The standard InChI is InChI=1S/C15H24N2O2/c1-17(12-15-4-2-3-10-18-15)9-11-19-14-7-5-13(16)6-8-14/h5-8,15H,2-4,9-12,16H2,1H3. The SMILES string of the molecule is CN(CCOc1ccc(N)cc1)CC1CCCCO1. The minimum Gasteiger partial charge on any atom is -0.492 e. The quantitative estimate of drug-likeness (QED) is 0.800. The first kappa shape index (κ1) is 14.2. The van der Waals surface area contributed by atoms with Crippen LogP contribution < -0.4 is 10.5 Å². The summed E-state index contributed by atoms with van der Waals surface area (Å²) in [5.41, 5.74) is 6.39. The molecule has 1 fully saturated rings. The van der Waals surface area contributed by atoms with E-state index in [4.69, 9.17) is 15.2 Å². The van der Waals surface area contributed by atoms with Gasteiger partial charge in [0, 0.05) is 25.4 Å². The number of ether oxygens (including phenoxy) is 2. The lowest BCUT2D eigenvalue weighted by atomic mass is 10.1. The Labute approximate surface area is 115 Å². The second-order valence-electron chi connectivity index (χ2n) is 5.17. The van der Waals surface area contributed by atoms with E-state index in [1.165, 1.54) is 19.3 Å². The maximum absolute atomic E-state index is 5.73. The topological polar surface area (TPSA) is 47.7 Å². The molecule has 0 bridgehead atoms. The fourth-order valence-electron chi connectivity index (χ4n) is 2.27. The van der Waals surface area contributed by atoms with Gasteiger partial charge in [-0.1, -0.05) is 0 Å². The average Bonchev–Trinajstić information content (AvgIpc) is 2.42. The third-order valence-electron chi connectivity index (χ3n) is 3.41. The number of benzene rings is 1. The molecule has 1 aromatic carbocycles. The molecular weight excluding hydrogens is 240 g/mol. The number of anilines is 1. The van der Waals surface area contributed by atoms with Crippen molar-refractivity contribution in [2.24, 2.45) is 0 Å². The van der Waals surface area contributed by atoms with E-state index >= 15 is 0 Å². The Kier molecular flexibility index (Phi) is 5.48. The van der Waals surface area contributed by atoms with E-state index in [1.54, 1.807) is 0 Å². The normalized spacial score (nSPS) is 19.6. The van der Waals surface area contributed by atoms with Gasteiger partial charge in [-0.05, 0) is 50.6 Å². The van der Waals surface area contributed by atoms with E-state index in [-0.39, 0.29) is 0 Å². The van der Waals surface area contributed by atoms with Gasteiger partial charge in [0.2, 0.25) is 0 Å². The van der Waals surface area contributed by atoms with Gasteiger partial charge in [0.05, 0.1) is 6.10 Å². The van der Waals surface area contributed by atoms with Crippen molar-refractivity contribution >= 4 is 5.69 Å². The van der Waals surface area contributed by atoms with Crippen LogP contribution in [0.15, 0.2) is 24.3 Å². The van der Waals surface area contributed by atoms with E-state index in [0.717, 1.165) is 31.1 Å². The highest BCUT2D eigenvalue weighted by Crippen LogP contribution is 2.14. The molecule has 1 aliphatic heterocycles. The van der Waals surface area contributed by atoms with Crippen molar-refractivity contribution in [3.63, 3.8) is 0 Å². The highest BCUT2D eigenvalue weighted by atomic mass is 16.5. The summed E-state index contributed by atoms with van der Waals surface area (Å²) >= 11 is 0. The summed E-state index contributed by atoms with van der Waals surface area (Å²) in [6.07, 6.45) is 4.08. The Morgan fingerprint density at radius 1 is 1.32 bits per heavy atom. The second-order valence-corrected chi connectivity index (χ2v) is 5.17. The zero-order valence-electron chi connectivity index (χ0n) is 11.7. The van der Waals surface area contributed by atoms with Crippen LogP contribution in [0.25, 0.3) is 0 Å². The van der Waals surface area contributed by atoms with Crippen molar-refractivity contribution in [3.05, 3.63) is 24.3 Å². The highest BCUT2D eigenvalue weighted by molar-refractivity contribution is 5.41. The Hall–Kier alpha value is -1.26. The van der Waals surface area contributed by atoms with Crippen molar-refractivity contribution in [2.75, 3.05) is 39.1 Å². The van der Waals surface area contributed by atoms with Crippen LogP contribution in [0.1, 0.15) is 19.3 Å². The van der Waals surface area contributed by atoms with Gasteiger partial charge in [-0.2, -0.15) is 0 Å². The van der Waals surface area contributed by atoms with Crippen LogP contribution in [0.5, 0.6) is 5.75 Å². The Bertz CT molecular complexity index is 361. The number of hydrogen-bond donors (Lipinski definition) is 1. The summed E-state index contributed by atoms with van der Waals surface area (Å²) in [4.78, 5) is 2.27. The number of hydrogen-bond acceptors (Lipinski definition) is 4. The maximum atomic E-state index is 5.73. The highest BCUT2D eigenvalue weighted by Gasteiger charge is 2.15. The molecule has 0 amide bonds. The van der Waals surface area contributed by atoms with Gasteiger partial charge in [0.1, 0.15) is 12.4 Å². The maximum Gasteiger partial charge on any atom is 0.119 e. The molecule has 106 valence electrons. The molecule has 19 heavy (non-hydrogen) atoms. The van der Waals surface area contributed by atoms with E-state index in [2.05, 4.69) is 11.9 Å². The smallest absolute Gasteiger partial charge is 0.119 e. The summed E-state index contributed by atoms with van der Waals surface area (Å²) in [6, 6.07) is 7.52. The van der Waals surface area contributed by atoms with Crippen LogP contribution in [-0.2, 0) is 4.74 Å². The molecule has 2 rings (SSSR count). The fourth-order valence-corrected chi connectivity index (χ4v) is 2.27. The molecule has 1 atom stereocenters. The number of likely N-dealkylation sites (N-methyl/N-ethyl adjacent to an activating group) is 1. The van der Waals surface area contributed by atoms with Crippen LogP contribution in [0.2, 0.25) is 0 Å². The number of nitrogens with zero attached hydrogens (tertiary/aromatic N) is 1. The monoisotopic (exact) mass is 264 g/mol. The van der Waals surface area contributed by atoms with Crippen molar-refractivity contribution in [3.8, 4) is 5.75 Å². The summed E-state index contributed by atoms with van der Waals surface area (Å²) in [5, 5.41) is 0. The van der Waals surface area contributed by atoms with Gasteiger partial charge >= 0.3 is 0 Å². The minimum absolute atomic E-state index is 0.398. The summed E-state index contributed by atoms with van der Waals surface area (Å²) in [7, 11) is 2.12. The van der Waals surface area contributed by atoms with E-state index in [1.807, 2.05) is 24.3 Å². The molecule has 2 N–H and O–H groups in total. The first-order valence-electron chi connectivity index (χ1n) is 7.02. The predicted molar refractivity (Wildman–Crippen MR) is 77.4 cm³/mol. The molecule has 0 spiro atoms. The molecule has 1 saturated heterocycles. The first-order valence-corrected chi connectivity index (χ1v) is 7.02. The largest absolute Gasteiger partial charge is 0.492 e. The molecule has 1 heterocycles. The zero-order valence-corrected chi connectivity index (χ0v) is 11.7. The van der Waals surface area contributed by atoms with E-state index in [0.29, 0.717) is 12.7 Å². The van der Waals surface area contributed by atoms with E-state index < -0.39 is 0 Å². The summed E-state index contributed by atoms with van der Waals surface area (Å²) in [5.74, 6) is 0.872. The summed E-state index contributed by atoms with van der Waals surface area (Å²) < 4.78 is 11.4. The van der Waals surface area contributed by atoms with E-state index in [9.17, 15) is 0 Å². The Morgan fingerprint density at radius 3 is 2.79 bits per heavy atom. The van der Waals surface area contributed by atoms with Gasteiger partial charge in [-0.25, -0.2) is 0 Å². The third kappa shape index (κ3) is 5.09. The van der Waals surface area contributed by atoms with Crippen LogP contribution in [0.4, 0.5) is 5.69 Å². The van der Waals surface area contributed by atoms with Crippen LogP contribution in [0, 0.1) is 0 Å². The van der Waals surface area contributed by atoms with Gasteiger partial charge in [0.25, 0.3) is 0 Å². The molecule has 1 aliphatic rings. The lowest BCUT2D eigenvalue weighted by Crippen LogP contribution is -2.35. The molecular formula is C15H24N2O2. The third-order valence-corrected chi connectivity index (χ3v) is 3.41. The first-order chi connectivity index (χ1) is 9.24. The van der Waals surface area contributed by atoms with Crippen LogP contribution in [0.3, 0.4) is 0 Å². The van der Waals surface area contributed by atoms with Crippen molar-refractivity contribution < 1.29 is 9.47 Å². The molecule has 1 aromatic rings. The molecule has 4 heteroatoms. The minimum atomic E-state index is 0.398. The summed E-state index contributed by atoms with van der Waals surface area (Å²) in [6.45, 7) is 3.50. The zero-order chi connectivity index (χ0) is 13.5. The molecule has 1 unspecified atom stereocenters. The second kappa shape index (κ2) is 7.36. The van der Waals surface area contributed by atoms with Gasteiger partial charge in [-0.15, -0.1) is 0 Å². The average molecular weight is 264 g/mol. The van der Waals surface area contributed by atoms with Gasteiger partial charge < -0.3 is 20.1 Å². The van der Waals surface area contributed by atoms with Crippen molar-refractivity contribution in [1.82, 2.24) is 4.90 Å². The van der Waals surface area contributed by atoms with Crippen LogP contribution >= 0.6 is 0 Å². The molecule has 0 aromatic heterocycles. The molecule has 0 saturated carbocycles. The fraction of sp³-hybridized carbons (Fsp3) is 0.600. The molecule has 4 nitrogen and oxygen atoms in total. The number of rotatable bonds is 6. The van der Waals surface area contributed by atoms with Crippen LogP contribution in [-0.4, -0.2) is 44.4 Å². The van der Waals surface area contributed by atoms with Gasteiger partial charge in [0.15, 0.2) is 0 Å². The predicted octanol–water partition coefficient (Wildman–Crippen LogP) is 2.15. The van der Waals surface area contributed by atoms with Crippen molar-refractivity contribution in [1.29, 1.82) is 0 Å². The molecule has 0 radical (unpaired) electrons. The Balaban J connectivity index is 1.63. The number of nitrogen functional groups attached to an aromatic ring is 1. The lowest BCUT2D eigenvalue weighted by Gasteiger charge is -2.27. The van der Waals surface area contributed by atoms with Crippen molar-refractivity contribution in [2.45, 2.75) is 25.4 Å². The number of nitrogens with two attached hydrogens (primary N) is 1. The molecule has 0 aliphatic carbocycles.